The van der Waals surface area contributed by atoms with E-state index in [-0.39, 0.29) is 6.10 Å². The Balaban J connectivity index is 2.11. The lowest BCUT2D eigenvalue weighted by Gasteiger charge is -2.15. The Hall–Kier alpha value is -0.580. The molecule has 1 aromatic carbocycles. The maximum atomic E-state index is 5.91. The first-order valence-electron chi connectivity index (χ1n) is 5.52. The number of rotatable bonds is 4. The first kappa shape index (κ1) is 11.9. The van der Waals surface area contributed by atoms with Crippen LogP contribution in [0.5, 0.6) is 5.75 Å². The van der Waals surface area contributed by atoms with Gasteiger partial charge in [-0.2, -0.15) is 0 Å². The van der Waals surface area contributed by atoms with Gasteiger partial charge in [-0.05, 0) is 36.7 Å². The van der Waals surface area contributed by atoms with E-state index in [1.54, 1.807) is 0 Å². The summed E-state index contributed by atoms with van der Waals surface area (Å²) >= 11 is 3.46. The minimum Gasteiger partial charge on any atom is -0.488 e. The fraction of sp³-hybridized carbons (Fsp3) is 0.500. The molecule has 1 aliphatic rings. The molecule has 0 bridgehead atoms. The summed E-state index contributed by atoms with van der Waals surface area (Å²) in [4.78, 5) is 0. The normalized spacial score (nSPS) is 20.0. The number of halogens is 1. The third-order valence-corrected chi connectivity index (χ3v) is 3.11. The predicted octanol–water partition coefficient (Wildman–Crippen LogP) is 2.12. The molecule has 1 aliphatic heterocycles. The monoisotopic (exact) mass is 285 g/mol. The topological polar surface area (TPSA) is 44.5 Å². The maximum Gasteiger partial charge on any atom is 0.124 e. The summed E-state index contributed by atoms with van der Waals surface area (Å²) in [7, 11) is 0. The van der Waals surface area contributed by atoms with E-state index in [1.165, 1.54) is 0 Å². The Bertz CT molecular complexity index is 351. The van der Waals surface area contributed by atoms with Crippen LogP contribution < -0.4 is 10.5 Å². The maximum absolute atomic E-state index is 5.91. The summed E-state index contributed by atoms with van der Waals surface area (Å²) in [6.45, 7) is 2.12. The molecule has 3 nitrogen and oxygen atoms in total. The van der Waals surface area contributed by atoms with Crippen molar-refractivity contribution >= 4 is 15.9 Å². The van der Waals surface area contributed by atoms with Crippen molar-refractivity contribution in [2.45, 2.75) is 18.9 Å². The minimum absolute atomic E-state index is 0.192. The van der Waals surface area contributed by atoms with Gasteiger partial charge in [0.05, 0.1) is 13.2 Å². The fourth-order valence-corrected chi connectivity index (χ4v) is 2.21. The van der Waals surface area contributed by atoms with Crippen molar-refractivity contribution in [3.05, 3.63) is 28.2 Å². The Labute approximate surface area is 104 Å². The molecule has 16 heavy (non-hydrogen) atoms. The van der Waals surface area contributed by atoms with Gasteiger partial charge in [0.25, 0.3) is 0 Å². The van der Waals surface area contributed by atoms with Gasteiger partial charge in [0.2, 0.25) is 0 Å². The fourth-order valence-electron chi connectivity index (χ4n) is 1.80. The molecule has 1 aromatic rings. The second-order valence-corrected chi connectivity index (χ2v) is 4.81. The van der Waals surface area contributed by atoms with Crippen molar-refractivity contribution in [1.29, 1.82) is 0 Å². The van der Waals surface area contributed by atoms with E-state index < -0.39 is 0 Å². The molecule has 4 heteroatoms. The average molecular weight is 286 g/mol. The molecule has 1 fully saturated rings. The van der Waals surface area contributed by atoms with Crippen molar-refractivity contribution in [1.82, 2.24) is 0 Å². The van der Waals surface area contributed by atoms with E-state index in [0.717, 1.165) is 35.2 Å². The standard InChI is InChI=1S/C12H16BrNO2/c13-10-1-2-12(9(7-10)3-5-14)16-11-4-6-15-8-11/h1-2,7,11H,3-6,8,14H2. The molecular formula is C12H16BrNO2. The van der Waals surface area contributed by atoms with Gasteiger partial charge in [-0.25, -0.2) is 0 Å². The summed E-state index contributed by atoms with van der Waals surface area (Å²) in [5.74, 6) is 0.934. The molecule has 1 heterocycles. The second kappa shape index (κ2) is 5.66. The first-order chi connectivity index (χ1) is 7.79. The zero-order valence-electron chi connectivity index (χ0n) is 9.12. The summed E-state index contributed by atoms with van der Waals surface area (Å²) in [6.07, 6.45) is 2.00. The van der Waals surface area contributed by atoms with Crippen LogP contribution in [-0.4, -0.2) is 25.9 Å². The first-order valence-corrected chi connectivity index (χ1v) is 6.32. The summed E-state index contributed by atoms with van der Waals surface area (Å²) < 4.78 is 12.3. The molecule has 2 rings (SSSR count). The molecule has 0 aromatic heterocycles. The van der Waals surface area contributed by atoms with Crippen LogP contribution in [0, 0.1) is 0 Å². The van der Waals surface area contributed by atoms with Crippen molar-refractivity contribution in [2.75, 3.05) is 19.8 Å². The predicted molar refractivity (Wildman–Crippen MR) is 66.8 cm³/mol. The van der Waals surface area contributed by atoms with Crippen LogP contribution in [0.25, 0.3) is 0 Å². The van der Waals surface area contributed by atoms with Crippen LogP contribution in [0.2, 0.25) is 0 Å². The summed E-state index contributed by atoms with van der Waals surface area (Å²) in [5.41, 5.74) is 6.75. The van der Waals surface area contributed by atoms with E-state index in [4.69, 9.17) is 15.2 Å². The number of hydrogen-bond acceptors (Lipinski definition) is 3. The highest BCUT2D eigenvalue weighted by Gasteiger charge is 2.18. The number of hydrogen-bond donors (Lipinski definition) is 1. The number of nitrogens with two attached hydrogens (primary N) is 1. The average Bonchev–Trinajstić information content (AvgIpc) is 2.75. The number of ether oxygens (including phenoxy) is 2. The Morgan fingerprint density at radius 2 is 2.38 bits per heavy atom. The van der Waals surface area contributed by atoms with Crippen LogP contribution in [0.15, 0.2) is 22.7 Å². The molecule has 88 valence electrons. The van der Waals surface area contributed by atoms with Gasteiger partial charge in [-0.3, -0.25) is 0 Å². The van der Waals surface area contributed by atoms with Crippen molar-refractivity contribution in [3.63, 3.8) is 0 Å². The molecule has 0 aliphatic carbocycles. The summed E-state index contributed by atoms with van der Waals surface area (Å²) in [6, 6.07) is 6.05. The third kappa shape index (κ3) is 2.97. The Morgan fingerprint density at radius 3 is 3.06 bits per heavy atom. The van der Waals surface area contributed by atoms with Crippen molar-refractivity contribution in [3.8, 4) is 5.75 Å². The van der Waals surface area contributed by atoms with Gasteiger partial charge in [0, 0.05) is 10.9 Å². The lowest BCUT2D eigenvalue weighted by atomic mass is 10.1. The van der Waals surface area contributed by atoms with Crippen LogP contribution in [0.3, 0.4) is 0 Å². The van der Waals surface area contributed by atoms with Gasteiger partial charge in [-0.15, -0.1) is 0 Å². The van der Waals surface area contributed by atoms with Gasteiger partial charge >= 0.3 is 0 Å². The molecule has 2 N–H and O–H groups in total. The van der Waals surface area contributed by atoms with Gasteiger partial charge < -0.3 is 15.2 Å². The van der Waals surface area contributed by atoms with E-state index >= 15 is 0 Å². The van der Waals surface area contributed by atoms with Crippen LogP contribution >= 0.6 is 15.9 Å². The third-order valence-electron chi connectivity index (χ3n) is 2.62. The largest absolute Gasteiger partial charge is 0.488 e. The molecule has 1 unspecified atom stereocenters. The minimum atomic E-state index is 0.192. The van der Waals surface area contributed by atoms with E-state index in [2.05, 4.69) is 22.0 Å². The van der Waals surface area contributed by atoms with Crippen LogP contribution in [-0.2, 0) is 11.2 Å². The molecule has 0 radical (unpaired) electrons. The molecule has 0 spiro atoms. The second-order valence-electron chi connectivity index (χ2n) is 3.89. The highest BCUT2D eigenvalue weighted by Crippen LogP contribution is 2.25. The smallest absolute Gasteiger partial charge is 0.124 e. The molecule has 1 saturated heterocycles. The van der Waals surface area contributed by atoms with E-state index in [0.29, 0.717) is 13.2 Å². The molecule has 0 saturated carbocycles. The van der Waals surface area contributed by atoms with Crippen molar-refractivity contribution in [2.24, 2.45) is 5.73 Å². The lowest BCUT2D eigenvalue weighted by molar-refractivity contribution is 0.140. The lowest BCUT2D eigenvalue weighted by Crippen LogP contribution is -2.17. The SMILES string of the molecule is NCCc1cc(Br)ccc1OC1CCOC1. The zero-order valence-corrected chi connectivity index (χ0v) is 10.7. The van der Waals surface area contributed by atoms with E-state index in [1.807, 2.05) is 12.1 Å². The van der Waals surface area contributed by atoms with Crippen molar-refractivity contribution < 1.29 is 9.47 Å². The number of benzene rings is 1. The van der Waals surface area contributed by atoms with Gasteiger partial charge in [-0.1, -0.05) is 15.9 Å². The molecule has 1 atom stereocenters. The Morgan fingerprint density at radius 1 is 1.50 bits per heavy atom. The molecular weight excluding hydrogens is 270 g/mol. The molecule has 0 amide bonds. The highest BCUT2D eigenvalue weighted by molar-refractivity contribution is 9.10. The highest BCUT2D eigenvalue weighted by atomic mass is 79.9. The quantitative estimate of drug-likeness (QED) is 0.922. The van der Waals surface area contributed by atoms with E-state index in [9.17, 15) is 0 Å². The van der Waals surface area contributed by atoms with Crippen LogP contribution in [0.1, 0.15) is 12.0 Å². The van der Waals surface area contributed by atoms with Gasteiger partial charge in [0.15, 0.2) is 0 Å². The van der Waals surface area contributed by atoms with Crippen LogP contribution in [0.4, 0.5) is 0 Å². The summed E-state index contributed by atoms with van der Waals surface area (Å²) in [5, 5.41) is 0. The Kier molecular flexibility index (Phi) is 4.21. The zero-order chi connectivity index (χ0) is 11.4. The van der Waals surface area contributed by atoms with Gasteiger partial charge in [0.1, 0.15) is 11.9 Å².